The first kappa shape index (κ1) is 17.0. The van der Waals surface area contributed by atoms with Gasteiger partial charge in [0.15, 0.2) is 0 Å². The van der Waals surface area contributed by atoms with Gasteiger partial charge < -0.3 is 10.4 Å². The van der Waals surface area contributed by atoms with Crippen molar-refractivity contribution in [3.63, 3.8) is 0 Å². The van der Waals surface area contributed by atoms with E-state index in [1.54, 1.807) is 0 Å². The maximum Gasteiger partial charge on any atom is 0.289 e. The normalized spacial score (nSPS) is 18.2. The van der Waals surface area contributed by atoms with Crippen LogP contribution in [0.5, 0.6) is 0 Å². The summed E-state index contributed by atoms with van der Waals surface area (Å²) in [6.45, 7) is 0.342. The number of hydrogen-bond donors (Lipinski definition) is 2. The fraction of sp³-hybridized carbons (Fsp3) is 0.538. The van der Waals surface area contributed by atoms with E-state index in [0.717, 1.165) is 12.1 Å². The Morgan fingerprint density at radius 3 is 2.64 bits per heavy atom. The van der Waals surface area contributed by atoms with Gasteiger partial charge in [0.1, 0.15) is 12.6 Å². The lowest BCUT2D eigenvalue weighted by Crippen LogP contribution is -2.51. The smallest absolute Gasteiger partial charge is 0.289 e. The second kappa shape index (κ2) is 6.82. The Kier molecular flexibility index (Phi) is 5.28. The zero-order valence-electron chi connectivity index (χ0n) is 11.6. The summed E-state index contributed by atoms with van der Waals surface area (Å²) in [5.74, 6) is -3.46. The first-order chi connectivity index (χ1) is 10.4. The van der Waals surface area contributed by atoms with Gasteiger partial charge >= 0.3 is 0 Å². The van der Waals surface area contributed by atoms with Crippen LogP contribution in [0.15, 0.2) is 18.2 Å². The highest BCUT2D eigenvalue weighted by molar-refractivity contribution is 6.31. The quantitative estimate of drug-likeness (QED) is 0.634. The van der Waals surface area contributed by atoms with Crippen LogP contribution in [0.1, 0.15) is 11.6 Å². The maximum atomic E-state index is 14.3. The van der Waals surface area contributed by atoms with Gasteiger partial charge in [-0.1, -0.05) is 11.6 Å². The molecule has 0 amide bonds. The molecule has 0 aromatic heterocycles. The molecular weight excluding hydrogens is 320 g/mol. The molecule has 1 aromatic carbocycles. The highest BCUT2D eigenvalue weighted by atomic mass is 35.5. The number of aliphatic hydroxyl groups is 1. The summed E-state index contributed by atoms with van der Waals surface area (Å²) in [5, 5.41) is 23.0. The van der Waals surface area contributed by atoms with Crippen molar-refractivity contribution in [2.24, 2.45) is 0 Å². The average molecular weight is 336 g/mol. The van der Waals surface area contributed by atoms with Crippen molar-refractivity contribution in [1.82, 2.24) is 10.2 Å². The number of halogens is 3. The molecule has 9 heteroatoms. The molecule has 6 nitrogen and oxygen atoms in total. The van der Waals surface area contributed by atoms with Crippen molar-refractivity contribution >= 4 is 17.3 Å². The molecule has 1 heterocycles. The number of nitrogens with zero attached hydrogens (tertiary/aromatic N) is 2. The number of non-ortho nitro benzene ring substituents is 1. The Bertz CT molecular complexity index is 553. The lowest BCUT2D eigenvalue weighted by Gasteiger charge is -2.39. The van der Waals surface area contributed by atoms with Crippen LogP contribution in [0.3, 0.4) is 0 Å². The largest absolute Gasteiger partial charge is 0.390 e. The standard InChI is InChI=1S/C13H16ClF2N3O3/c14-11-2-1-9(19(21)22)7-10(11)12(13(15,16)8-20)18-5-3-17-4-6-18/h1-2,7,12,17,20H,3-6,8H2/t12-/m0/s1. The van der Waals surface area contributed by atoms with Crippen LogP contribution in [0.4, 0.5) is 14.5 Å². The Hall–Kier alpha value is -1.35. The van der Waals surface area contributed by atoms with Crippen LogP contribution in [-0.4, -0.2) is 53.6 Å². The van der Waals surface area contributed by atoms with Gasteiger partial charge in [0, 0.05) is 48.9 Å². The zero-order valence-corrected chi connectivity index (χ0v) is 12.4. The molecular formula is C13H16ClF2N3O3. The Labute approximate surface area is 130 Å². The van der Waals surface area contributed by atoms with E-state index in [9.17, 15) is 18.9 Å². The van der Waals surface area contributed by atoms with E-state index in [0.29, 0.717) is 26.2 Å². The summed E-state index contributed by atoms with van der Waals surface area (Å²) >= 11 is 6.00. The van der Waals surface area contributed by atoms with Crippen LogP contribution in [-0.2, 0) is 0 Å². The number of hydrogen-bond acceptors (Lipinski definition) is 5. The molecule has 0 aliphatic carbocycles. The topological polar surface area (TPSA) is 78.6 Å². The minimum Gasteiger partial charge on any atom is -0.390 e. The number of nitrogens with one attached hydrogen (secondary N) is 1. The number of nitro benzene ring substituents is 1. The zero-order chi connectivity index (χ0) is 16.3. The van der Waals surface area contributed by atoms with E-state index in [1.165, 1.54) is 11.0 Å². The van der Waals surface area contributed by atoms with Crippen LogP contribution in [0.25, 0.3) is 0 Å². The minimum absolute atomic E-state index is 0.0160. The maximum absolute atomic E-state index is 14.3. The third-order valence-corrected chi connectivity index (χ3v) is 3.96. The second-order valence-electron chi connectivity index (χ2n) is 5.07. The fourth-order valence-corrected chi connectivity index (χ4v) is 2.79. The molecule has 0 bridgehead atoms. The summed E-state index contributed by atoms with van der Waals surface area (Å²) in [5.41, 5.74) is -0.356. The molecule has 0 unspecified atom stereocenters. The molecule has 2 N–H and O–H groups in total. The van der Waals surface area contributed by atoms with E-state index >= 15 is 0 Å². The van der Waals surface area contributed by atoms with Crippen molar-refractivity contribution in [1.29, 1.82) is 0 Å². The van der Waals surface area contributed by atoms with E-state index in [-0.39, 0.29) is 16.3 Å². The van der Waals surface area contributed by atoms with Crippen LogP contribution < -0.4 is 5.32 Å². The highest BCUT2D eigenvalue weighted by Crippen LogP contribution is 2.40. The molecule has 1 aliphatic heterocycles. The number of rotatable bonds is 5. The lowest BCUT2D eigenvalue weighted by atomic mass is 9.97. The van der Waals surface area contributed by atoms with Crippen molar-refractivity contribution < 1.29 is 18.8 Å². The van der Waals surface area contributed by atoms with Gasteiger partial charge in [-0.2, -0.15) is 0 Å². The van der Waals surface area contributed by atoms with Crippen molar-refractivity contribution in [3.8, 4) is 0 Å². The molecule has 1 aliphatic rings. The van der Waals surface area contributed by atoms with Gasteiger partial charge in [-0.05, 0) is 6.07 Å². The number of aliphatic hydroxyl groups excluding tert-OH is 1. The van der Waals surface area contributed by atoms with Gasteiger partial charge in [-0.15, -0.1) is 0 Å². The molecule has 0 saturated carbocycles. The summed E-state index contributed by atoms with van der Waals surface area (Å²) < 4.78 is 28.5. The SMILES string of the molecule is O=[N+]([O-])c1ccc(Cl)c([C@H](N2CCNCC2)C(F)(F)CO)c1. The first-order valence-corrected chi connectivity index (χ1v) is 7.12. The molecule has 0 spiro atoms. The minimum atomic E-state index is -3.46. The van der Waals surface area contributed by atoms with E-state index in [1.807, 2.05) is 0 Å². The average Bonchev–Trinajstić information content (AvgIpc) is 2.50. The molecule has 1 aromatic rings. The monoisotopic (exact) mass is 335 g/mol. The van der Waals surface area contributed by atoms with Gasteiger partial charge in [-0.25, -0.2) is 8.78 Å². The Morgan fingerprint density at radius 1 is 1.45 bits per heavy atom. The molecule has 0 radical (unpaired) electrons. The summed E-state index contributed by atoms with van der Waals surface area (Å²) in [6, 6.07) is 1.94. The Balaban J connectivity index is 2.48. The molecule has 1 atom stereocenters. The van der Waals surface area contributed by atoms with Gasteiger partial charge in [0.2, 0.25) is 0 Å². The van der Waals surface area contributed by atoms with Gasteiger partial charge in [0.05, 0.1) is 4.92 Å². The van der Waals surface area contributed by atoms with E-state index in [4.69, 9.17) is 16.7 Å². The van der Waals surface area contributed by atoms with Crippen molar-refractivity contribution in [3.05, 3.63) is 38.9 Å². The summed E-state index contributed by atoms with van der Waals surface area (Å²) in [4.78, 5) is 11.7. The van der Waals surface area contributed by atoms with Gasteiger partial charge in [-0.3, -0.25) is 15.0 Å². The predicted molar refractivity (Wildman–Crippen MR) is 77.3 cm³/mol. The second-order valence-corrected chi connectivity index (χ2v) is 5.48. The molecule has 1 saturated heterocycles. The summed E-state index contributed by atoms with van der Waals surface area (Å²) in [6.07, 6.45) is 0. The predicted octanol–water partition coefficient (Wildman–Crippen LogP) is 1.82. The van der Waals surface area contributed by atoms with Crippen LogP contribution in [0.2, 0.25) is 5.02 Å². The lowest BCUT2D eigenvalue weighted by molar-refractivity contribution is -0.385. The van der Waals surface area contributed by atoms with Crippen molar-refractivity contribution in [2.75, 3.05) is 32.8 Å². The van der Waals surface area contributed by atoms with Crippen molar-refractivity contribution in [2.45, 2.75) is 12.0 Å². The number of benzene rings is 1. The summed E-state index contributed by atoms with van der Waals surface area (Å²) in [7, 11) is 0. The first-order valence-electron chi connectivity index (χ1n) is 6.74. The molecule has 2 rings (SSSR count). The third kappa shape index (κ3) is 3.52. The third-order valence-electron chi connectivity index (χ3n) is 3.61. The Morgan fingerprint density at radius 2 is 2.09 bits per heavy atom. The fourth-order valence-electron chi connectivity index (χ4n) is 2.57. The van der Waals surface area contributed by atoms with Crippen LogP contribution in [0, 0.1) is 10.1 Å². The number of alkyl halides is 2. The number of piperazine rings is 1. The molecule has 1 fully saturated rings. The number of nitro groups is 1. The van der Waals surface area contributed by atoms with E-state index in [2.05, 4.69) is 5.32 Å². The molecule has 122 valence electrons. The van der Waals surface area contributed by atoms with Crippen LogP contribution >= 0.6 is 11.6 Å². The molecule has 22 heavy (non-hydrogen) atoms. The highest BCUT2D eigenvalue weighted by Gasteiger charge is 2.45. The van der Waals surface area contributed by atoms with E-state index < -0.39 is 23.5 Å². The van der Waals surface area contributed by atoms with Gasteiger partial charge in [0.25, 0.3) is 11.6 Å².